The monoisotopic (exact) mass is 167 g/mol. The Bertz CT molecular complexity index is 266. The van der Waals surface area contributed by atoms with Crippen LogP contribution in [0.1, 0.15) is 6.92 Å². The van der Waals surface area contributed by atoms with Crippen molar-refractivity contribution in [3.05, 3.63) is 12.3 Å². The van der Waals surface area contributed by atoms with E-state index in [9.17, 15) is 4.79 Å². The maximum atomic E-state index is 10.7. The molecule has 5 nitrogen and oxygen atoms in total. The summed E-state index contributed by atoms with van der Waals surface area (Å²) in [6, 6.07) is 1.65. The molecule has 0 aromatic carbocycles. The number of hydrogen-bond acceptors (Lipinski definition) is 4. The van der Waals surface area contributed by atoms with Gasteiger partial charge in [0.15, 0.2) is 5.82 Å². The van der Waals surface area contributed by atoms with Gasteiger partial charge in [-0.1, -0.05) is 0 Å². The Morgan fingerprint density at radius 2 is 2.75 bits per heavy atom. The van der Waals surface area contributed by atoms with Gasteiger partial charge >= 0.3 is 5.97 Å². The number of aliphatic imine (C=N–C) groups is 1. The lowest BCUT2D eigenvalue weighted by molar-refractivity contribution is -0.134. The summed E-state index contributed by atoms with van der Waals surface area (Å²) in [6.45, 7) is 2.09. The molecule has 0 aliphatic heterocycles. The van der Waals surface area contributed by atoms with E-state index in [2.05, 4.69) is 19.9 Å². The molecule has 12 heavy (non-hydrogen) atoms. The summed E-state index contributed by atoms with van der Waals surface area (Å²) in [5.74, 6) is 0.00329. The summed E-state index contributed by atoms with van der Waals surface area (Å²) in [4.78, 5) is 14.5. The highest BCUT2D eigenvalue weighted by atomic mass is 16.5. The van der Waals surface area contributed by atoms with E-state index < -0.39 is 5.97 Å². The predicted molar refractivity (Wildman–Crippen MR) is 43.4 cm³/mol. The van der Waals surface area contributed by atoms with E-state index in [1.165, 1.54) is 0 Å². The Labute approximate surface area is 69.5 Å². The van der Waals surface area contributed by atoms with Crippen molar-refractivity contribution in [2.75, 3.05) is 6.61 Å². The Morgan fingerprint density at radius 3 is 3.33 bits per heavy atom. The molecule has 0 fully saturated rings. The molecule has 0 aliphatic rings. The van der Waals surface area contributed by atoms with Crippen LogP contribution in [0.5, 0.6) is 0 Å². The second-order valence-corrected chi connectivity index (χ2v) is 1.94. The summed E-state index contributed by atoms with van der Waals surface area (Å²) >= 11 is 0. The highest BCUT2D eigenvalue weighted by Gasteiger charge is 1.94. The Kier molecular flexibility index (Phi) is 3.01. The van der Waals surface area contributed by atoms with Gasteiger partial charge in [0.2, 0.25) is 0 Å². The maximum Gasteiger partial charge on any atom is 0.349 e. The standard InChI is InChI=1S/C7H9N3O2/c1-2-12-7(11)5-8-6-3-4-9-10-6/h3-5H,2H2,1H3,(H,9,10)/b8-5+. The fourth-order valence-electron chi connectivity index (χ4n) is 0.623. The molecule has 0 bridgehead atoms. The molecule has 0 saturated heterocycles. The molecular weight excluding hydrogens is 158 g/mol. The Morgan fingerprint density at radius 1 is 1.92 bits per heavy atom. The number of hydrogen-bond donors (Lipinski definition) is 1. The number of ether oxygens (including phenoxy) is 1. The van der Waals surface area contributed by atoms with Crippen LogP contribution >= 0.6 is 0 Å². The molecule has 0 amide bonds. The third-order valence-electron chi connectivity index (χ3n) is 1.07. The first-order chi connectivity index (χ1) is 5.83. The molecule has 1 aromatic heterocycles. The molecule has 0 atom stereocenters. The zero-order valence-corrected chi connectivity index (χ0v) is 6.65. The van der Waals surface area contributed by atoms with Crippen LogP contribution in [0.2, 0.25) is 0 Å². The third-order valence-corrected chi connectivity index (χ3v) is 1.07. The predicted octanol–water partition coefficient (Wildman–Crippen LogP) is 0.675. The number of aromatic amines is 1. The van der Waals surface area contributed by atoms with Crippen LogP contribution in [0.25, 0.3) is 0 Å². The fourth-order valence-corrected chi connectivity index (χ4v) is 0.623. The molecule has 1 rings (SSSR count). The van der Waals surface area contributed by atoms with Crippen molar-refractivity contribution in [1.82, 2.24) is 10.2 Å². The minimum absolute atomic E-state index is 0.353. The van der Waals surface area contributed by atoms with Gasteiger partial charge in [0.25, 0.3) is 0 Å². The van der Waals surface area contributed by atoms with E-state index in [0.29, 0.717) is 12.4 Å². The highest BCUT2D eigenvalue weighted by Crippen LogP contribution is 2.01. The van der Waals surface area contributed by atoms with E-state index in [-0.39, 0.29) is 0 Å². The van der Waals surface area contributed by atoms with Crippen LogP contribution in [0.3, 0.4) is 0 Å². The van der Waals surface area contributed by atoms with E-state index in [4.69, 9.17) is 0 Å². The Balaban J connectivity index is 2.45. The Hall–Kier alpha value is -1.65. The summed E-state index contributed by atoms with van der Waals surface area (Å²) in [5.41, 5.74) is 0. The van der Waals surface area contributed by atoms with Gasteiger partial charge in [-0.3, -0.25) is 5.10 Å². The van der Waals surface area contributed by atoms with E-state index >= 15 is 0 Å². The first kappa shape index (κ1) is 8.45. The molecule has 1 N–H and O–H groups in total. The van der Waals surface area contributed by atoms with Gasteiger partial charge in [0.05, 0.1) is 6.61 Å². The molecule has 1 heterocycles. The minimum atomic E-state index is -0.458. The number of nitrogens with zero attached hydrogens (tertiary/aromatic N) is 2. The van der Waals surface area contributed by atoms with Crippen molar-refractivity contribution >= 4 is 18.0 Å². The fraction of sp³-hybridized carbons (Fsp3) is 0.286. The molecule has 1 aromatic rings. The summed E-state index contributed by atoms with van der Waals surface area (Å²) in [6.07, 6.45) is 2.72. The van der Waals surface area contributed by atoms with Crippen molar-refractivity contribution in [3.8, 4) is 0 Å². The van der Waals surface area contributed by atoms with Gasteiger partial charge in [-0.05, 0) is 6.92 Å². The minimum Gasteiger partial charge on any atom is -0.462 e. The van der Waals surface area contributed by atoms with Crippen LogP contribution < -0.4 is 0 Å². The molecule has 0 aliphatic carbocycles. The van der Waals surface area contributed by atoms with E-state index in [1.807, 2.05) is 0 Å². The molecular formula is C7H9N3O2. The van der Waals surface area contributed by atoms with Crippen LogP contribution in [-0.2, 0) is 9.53 Å². The highest BCUT2D eigenvalue weighted by molar-refractivity contribution is 6.23. The van der Waals surface area contributed by atoms with Crippen molar-refractivity contribution in [2.24, 2.45) is 4.99 Å². The van der Waals surface area contributed by atoms with Crippen LogP contribution in [0.15, 0.2) is 17.3 Å². The number of esters is 1. The average molecular weight is 167 g/mol. The first-order valence-electron chi connectivity index (χ1n) is 3.53. The molecule has 0 radical (unpaired) electrons. The average Bonchev–Trinajstić information content (AvgIpc) is 2.53. The summed E-state index contributed by atoms with van der Waals surface area (Å²) < 4.78 is 4.61. The van der Waals surface area contributed by atoms with Gasteiger partial charge in [0.1, 0.15) is 6.21 Å². The van der Waals surface area contributed by atoms with Crippen molar-refractivity contribution in [1.29, 1.82) is 0 Å². The van der Waals surface area contributed by atoms with Crippen molar-refractivity contribution in [3.63, 3.8) is 0 Å². The van der Waals surface area contributed by atoms with Gasteiger partial charge in [-0.2, -0.15) is 5.10 Å². The van der Waals surface area contributed by atoms with E-state index in [0.717, 1.165) is 6.21 Å². The van der Waals surface area contributed by atoms with Crippen molar-refractivity contribution in [2.45, 2.75) is 6.92 Å². The van der Waals surface area contributed by atoms with Crippen molar-refractivity contribution < 1.29 is 9.53 Å². The van der Waals surface area contributed by atoms with Crippen LogP contribution in [0, 0.1) is 0 Å². The lowest BCUT2D eigenvalue weighted by atomic mass is 10.6. The van der Waals surface area contributed by atoms with Crippen LogP contribution in [-0.4, -0.2) is 29.0 Å². The van der Waals surface area contributed by atoms with Crippen LogP contribution in [0.4, 0.5) is 5.82 Å². The summed E-state index contributed by atoms with van der Waals surface area (Å²) in [5, 5.41) is 6.29. The van der Waals surface area contributed by atoms with Gasteiger partial charge in [-0.15, -0.1) is 0 Å². The lowest BCUT2D eigenvalue weighted by Gasteiger charge is -1.92. The summed E-state index contributed by atoms with van der Waals surface area (Å²) in [7, 11) is 0. The van der Waals surface area contributed by atoms with Gasteiger partial charge in [-0.25, -0.2) is 9.79 Å². The van der Waals surface area contributed by atoms with Gasteiger partial charge in [0, 0.05) is 12.3 Å². The smallest absolute Gasteiger partial charge is 0.349 e. The molecule has 0 saturated carbocycles. The normalized spacial score (nSPS) is 10.4. The van der Waals surface area contributed by atoms with E-state index in [1.54, 1.807) is 19.2 Å². The number of carbonyl (C=O) groups excluding carboxylic acids is 1. The number of rotatable bonds is 3. The molecule has 5 heteroatoms. The maximum absolute atomic E-state index is 10.7. The lowest BCUT2D eigenvalue weighted by Crippen LogP contribution is -2.04. The SMILES string of the molecule is CCOC(=O)/C=N/c1cc[nH]n1. The molecule has 0 spiro atoms. The second-order valence-electron chi connectivity index (χ2n) is 1.94. The zero-order chi connectivity index (χ0) is 8.81. The number of aromatic nitrogens is 2. The topological polar surface area (TPSA) is 67.3 Å². The number of carbonyl (C=O) groups is 1. The first-order valence-corrected chi connectivity index (χ1v) is 3.53. The molecule has 64 valence electrons. The third kappa shape index (κ3) is 2.53. The number of H-pyrrole nitrogens is 1. The zero-order valence-electron chi connectivity index (χ0n) is 6.65. The molecule has 0 unspecified atom stereocenters. The van der Waals surface area contributed by atoms with Gasteiger partial charge < -0.3 is 4.74 Å². The number of nitrogens with one attached hydrogen (secondary N) is 1. The second kappa shape index (κ2) is 4.27. The quantitative estimate of drug-likeness (QED) is 0.531. The largest absolute Gasteiger partial charge is 0.462 e.